The molecule has 0 bridgehead atoms. The van der Waals surface area contributed by atoms with Crippen LogP contribution < -0.4 is 0 Å². The van der Waals surface area contributed by atoms with Crippen LogP contribution in [0.3, 0.4) is 0 Å². The fraction of sp³-hybridized carbons (Fsp3) is 0.833. The van der Waals surface area contributed by atoms with E-state index in [-0.39, 0.29) is 5.04 Å². The molecule has 0 heterocycles. The van der Waals surface area contributed by atoms with Crippen molar-refractivity contribution in [1.82, 2.24) is 0 Å². The number of unbranched alkanes of at least 4 members (excludes halogenated alkanes) is 3. The van der Waals surface area contributed by atoms with Gasteiger partial charge >= 0.3 is 0 Å². The zero-order valence-corrected chi connectivity index (χ0v) is 17.4. The van der Waals surface area contributed by atoms with Gasteiger partial charge in [0.2, 0.25) is 0 Å². The van der Waals surface area contributed by atoms with Crippen LogP contribution >= 0.6 is 15.9 Å². The van der Waals surface area contributed by atoms with Gasteiger partial charge < -0.3 is 4.79 Å². The third-order valence-electron chi connectivity index (χ3n) is 4.92. The van der Waals surface area contributed by atoms with Gasteiger partial charge in [0, 0.05) is 11.2 Å². The Hall–Kier alpha value is 0.107. The van der Waals surface area contributed by atoms with Crippen molar-refractivity contribution in [3.05, 3.63) is 12.7 Å². The van der Waals surface area contributed by atoms with Crippen LogP contribution in [0.2, 0.25) is 18.1 Å². The summed E-state index contributed by atoms with van der Waals surface area (Å²) in [5.74, 6) is 0. The van der Waals surface area contributed by atoms with Crippen molar-refractivity contribution in [2.45, 2.75) is 95.1 Å². The summed E-state index contributed by atoms with van der Waals surface area (Å²) >= 11 is 3.77. The lowest BCUT2D eigenvalue weighted by atomic mass is 10.1. The van der Waals surface area contributed by atoms with Crippen LogP contribution in [0.5, 0.6) is 0 Å². The summed E-state index contributed by atoms with van der Waals surface area (Å²) in [6, 6.07) is 0. The molecule has 124 valence electrons. The number of hydrogen-bond donors (Lipinski definition) is 0. The van der Waals surface area contributed by atoms with E-state index in [2.05, 4.69) is 56.4 Å². The van der Waals surface area contributed by atoms with E-state index in [0.717, 1.165) is 25.7 Å². The number of carbonyl (C=O) groups is 1. The Morgan fingerprint density at radius 2 is 1.67 bits per heavy atom. The summed E-state index contributed by atoms with van der Waals surface area (Å²) in [5.41, 5.74) is 0. The van der Waals surface area contributed by atoms with Crippen molar-refractivity contribution in [3.8, 4) is 0 Å². The maximum atomic E-state index is 12.4. The summed E-state index contributed by atoms with van der Waals surface area (Å²) in [6.45, 7) is 14.9. The first-order chi connectivity index (χ1) is 9.63. The van der Waals surface area contributed by atoms with Crippen molar-refractivity contribution >= 4 is 29.4 Å². The van der Waals surface area contributed by atoms with E-state index in [0.29, 0.717) is 10.2 Å². The minimum absolute atomic E-state index is 0.174. The van der Waals surface area contributed by atoms with Crippen LogP contribution in [0, 0.1) is 0 Å². The average Bonchev–Trinajstić information content (AvgIpc) is 2.38. The van der Waals surface area contributed by atoms with E-state index >= 15 is 0 Å². The van der Waals surface area contributed by atoms with Crippen LogP contribution in [0.4, 0.5) is 0 Å². The summed E-state index contributed by atoms with van der Waals surface area (Å²) in [6.07, 6.45) is 11.1. The van der Waals surface area contributed by atoms with E-state index in [1.165, 1.54) is 25.7 Å². The zero-order valence-electron chi connectivity index (χ0n) is 14.8. The summed E-state index contributed by atoms with van der Waals surface area (Å²) in [5, 5.41) is 0.722. The molecule has 0 radical (unpaired) electrons. The molecule has 0 fully saturated rings. The molecule has 0 aromatic rings. The van der Waals surface area contributed by atoms with Crippen molar-refractivity contribution in [3.63, 3.8) is 0 Å². The monoisotopic (exact) mass is 374 g/mol. The molecule has 0 aliphatic rings. The normalized spacial score (nSPS) is 14.0. The lowest BCUT2D eigenvalue weighted by molar-refractivity contribution is -0.113. The first-order valence-corrected chi connectivity index (χ1v) is 12.3. The predicted octanol–water partition coefficient (Wildman–Crippen LogP) is 6.67. The van der Waals surface area contributed by atoms with Crippen molar-refractivity contribution in [2.75, 3.05) is 0 Å². The molecule has 1 atom stereocenters. The average molecular weight is 375 g/mol. The number of halogens is 1. The highest BCUT2D eigenvalue weighted by atomic mass is 79.9. The number of rotatable bonds is 11. The highest BCUT2D eigenvalue weighted by molar-refractivity contribution is 9.09. The molecule has 0 aliphatic heterocycles. The Morgan fingerprint density at radius 1 is 1.14 bits per heavy atom. The molecule has 0 rings (SSSR count). The fourth-order valence-corrected chi connectivity index (χ4v) is 4.47. The van der Waals surface area contributed by atoms with Gasteiger partial charge in [-0.3, -0.25) is 0 Å². The van der Waals surface area contributed by atoms with Gasteiger partial charge in [0.25, 0.3) is 0 Å². The minimum atomic E-state index is -1.78. The molecule has 0 aromatic carbocycles. The number of allylic oxidation sites excluding steroid dienone is 1. The Balaban J connectivity index is 3.85. The largest absolute Gasteiger partial charge is 0.305 e. The Kier molecular flexibility index (Phi) is 10.0. The molecule has 0 saturated heterocycles. The van der Waals surface area contributed by atoms with E-state index in [1.54, 1.807) is 0 Å². The highest BCUT2D eigenvalue weighted by Gasteiger charge is 2.41. The summed E-state index contributed by atoms with van der Waals surface area (Å²) in [4.78, 5) is 13.1. The third-order valence-corrected chi connectivity index (χ3v) is 11.2. The van der Waals surface area contributed by atoms with Crippen molar-refractivity contribution in [1.29, 1.82) is 0 Å². The molecule has 0 aromatic heterocycles. The van der Waals surface area contributed by atoms with E-state index in [1.807, 2.05) is 6.08 Å². The molecule has 1 unspecified atom stereocenters. The van der Waals surface area contributed by atoms with Gasteiger partial charge in [0.1, 0.15) is 13.5 Å². The zero-order chi connectivity index (χ0) is 16.5. The third kappa shape index (κ3) is 8.34. The van der Waals surface area contributed by atoms with Gasteiger partial charge in [-0.05, 0) is 37.1 Å². The number of alkyl halides is 1. The second-order valence-corrected chi connectivity index (χ2v) is 14.3. The maximum Gasteiger partial charge on any atom is 0.132 e. The molecule has 1 nitrogen and oxygen atoms in total. The molecule has 3 heteroatoms. The predicted molar refractivity (Wildman–Crippen MR) is 102 cm³/mol. The van der Waals surface area contributed by atoms with Gasteiger partial charge in [0.15, 0.2) is 0 Å². The van der Waals surface area contributed by atoms with Gasteiger partial charge in [-0.2, -0.15) is 0 Å². The van der Waals surface area contributed by atoms with Crippen molar-refractivity contribution < 1.29 is 4.79 Å². The Morgan fingerprint density at radius 3 is 2.14 bits per heavy atom. The lowest BCUT2D eigenvalue weighted by Crippen LogP contribution is -2.46. The second-order valence-electron chi connectivity index (χ2n) is 7.71. The minimum Gasteiger partial charge on any atom is -0.305 e. The quantitative estimate of drug-likeness (QED) is 0.170. The van der Waals surface area contributed by atoms with E-state index in [4.69, 9.17) is 0 Å². The standard InChI is InChI=1S/C18H35BrOSi/c1-7-8-9-10-13-16(19)14-11-12-15-17(20)21(5,6)18(2,3)4/h7,16H,1,8-15H2,2-6H3. The molecule has 0 spiro atoms. The molecule has 0 N–H and O–H groups in total. The number of carbonyl (C=O) groups excluding carboxylic acids is 1. The Bertz CT molecular complexity index is 318. The number of hydrogen-bond acceptors (Lipinski definition) is 1. The van der Waals surface area contributed by atoms with Crippen LogP contribution in [0.25, 0.3) is 0 Å². The SMILES string of the molecule is C=CCCCCC(Br)CCCCC(=O)[Si](C)(C)C(C)(C)C. The fourth-order valence-electron chi connectivity index (χ4n) is 2.18. The van der Waals surface area contributed by atoms with Crippen LogP contribution in [0.1, 0.15) is 72.1 Å². The van der Waals surface area contributed by atoms with Crippen LogP contribution in [-0.4, -0.2) is 18.3 Å². The van der Waals surface area contributed by atoms with Gasteiger partial charge in [-0.15, -0.1) is 6.58 Å². The van der Waals surface area contributed by atoms with E-state index in [9.17, 15) is 4.79 Å². The van der Waals surface area contributed by atoms with Crippen molar-refractivity contribution in [2.24, 2.45) is 0 Å². The van der Waals surface area contributed by atoms with Gasteiger partial charge in [0.05, 0.1) is 0 Å². The summed E-state index contributed by atoms with van der Waals surface area (Å²) in [7, 11) is -1.78. The van der Waals surface area contributed by atoms with Gasteiger partial charge in [-0.1, -0.05) is 68.7 Å². The summed E-state index contributed by atoms with van der Waals surface area (Å²) < 4.78 is 0. The topological polar surface area (TPSA) is 17.1 Å². The van der Waals surface area contributed by atoms with Gasteiger partial charge in [-0.25, -0.2) is 0 Å². The first kappa shape index (κ1) is 21.1. The van der Waals surface area contributed by atoms with E-state index < -0.39 is 8.07 Å². The van der Waals surface area contributed by atoms with Crippen LogP contribution in [-0.2, 0) is 4.79 Å². The maximum absolute atomic E-state index is 12.4. The second kappa shape index (κ2) is 9.99. The molecule has 0 saturated carbocycles. The first-order valence-electron chi connectivity index (χ1n) is 8.41. The lowest BCUT2D eigenvalue weighted by Gasteiger charge is -2.35. The highest BCUT2D eigenvalue weighted by Crippen LogP contribution is 2.37. The molecular weight excluding hydrogens is 340 g/mol. The molecule has 0 amide bonds. The smallest absolute Gasteiger partial charge is 0.132 e. The molecular formula is C18H35BrOSi. The molecule has 0 aliphatic carbocycles. The molecule has 21 heavy (non-hydrogen) atoms. The Labute approximate surface area is 142 Å². The van der Waals surface area contributed by atoms with Crippen LogP contribution in [0.15, 0.2) is 12.7 Å².